The summed E-state index contributed by atoms with van der Waals surface area (Å²) in [5.41, 5.74) is 0. The molecular formula is C36H56O7Se. The van der Waals surface area contributed by atoms with Crippen LogP contribution in [0.4, 0.5) is 0 Å². The number of carboxylic acids is 1. The Kier molecular flexibility index (Phi) is 16.3. The van der Waals surface area contributed by atoms with E-state index in [1.54, 1.807) is 0 Å². The molecule has 44 heavy (non-hydrogen) atoms. The molecule has 2 saturated heterocycles. The molecule has 0 spiro atoms. The Labute approximate surface area is 271 Å². The van der Waals surface area contributed by atoms with E-state index < -0.39 is 12.1 Å². The van der Waals surface area contributed by atoms with Gasteiger partial charge in [-0.25, -0.2) is 0 Å². The van der Waals surface area contributed by atoms with Crippen molar-refractivity contribution >= 4 is 25.4 Å². The van der Waals surface area contributed by atoms with E-state index in [1.807, 2.05) is 30.3 Å². The molecule has 8 heteroatoms. The normalized spacial score (nSPS) is 29.1. The van der Waals surface area contributed by atoms with Crippen LogP contribution < -0.4 is 4.46 Å². The number of rotatable bonds is 19. The Hall–Kier alpha value is -1.25. The van der Waals surface area contributed by atoms with Crippen molar-refractivity contribution in [1.29, 1.82) is 0 Å². The summed E-state index contributed by atoms with van der Waals surface area (Å²) in [6, 6.07) is 10.0. The summed E-state index contributed by atoms with van der Waals surface area (Å²) in [5, 5.41) is 21.1. The minimum absolute atomic E-state index is 0.00122. The first-order valence-electron chi connectivity index (χ1n) is 17.4. The summed E-state index contributed by atoms with van der Waals surface area (Å²) >= 11 is -0.0735. The van der Waals surface area contributed by atoms with Crippen LogP contribution in [0, 0.1) is 11.8 Å². The molecule has 8 atom stereocenters. The van der Waals surface area contributed by atoms with Crippen LogP contribution in [0.2, 0.25) is 4.82 Å². The second kappa shape index (κ2) is 20.1. The first-order valence-corrected chi connectivity index (χ1v) is 19.2. The number of aliphatic carboxylic acids is 1. The van der Waals surface area contributed by atoms with Crippen molar-refractivity contribution in [2.75, 3.05) is 13.2 Å². The van der Waals surface area contributed by atoms with Gasteiger partial charge >= 0.3 is 203 Å². The molecule has 1 saturated carbocycles. The molecule has 0 radical (unpaired) electrons. The van der Waals surface area contributed by atoms with Crippen LogP contribution in [0.5, 0.6) is 0 Å². The van der Waals surface area contributed by atoms with E-state index in [9.17, 15) is 15.0 Å². The van der Waals surface area contributed by atoms with E-state index in [4.69, 9.17) is 18.9 Å². The van der Waals surface area contributed by atoms with Crippen LogP contribution in [-0.4, -0.2) is 75.2 Å². The standard InChI is InChI=1S/C36H56O7Se/c1-2-3-6-15-27(42-34-20-11-13-24-40-34)22-23-29-30(32(26-31(29)37)43-35-21-12-14-25-41-35)18-9-5-10-19-33(36(38)39)44-28-16-7-4-8-17-28/h4,7-8,16-17,22-23,27,29-35,37H,2-3,5-6,9-15,18-21,24-26H2,1H3,(H,38,39)/b23-22+/t27-,29+,30+,31+,32-,33?,34?,35?/m0/s1. The van der Waals surface area contributed by atoms with Crippen LogP contribution >= 0.6 is 0 Å². The molecule has 0 bridgehead atoms. The molecule has 2 heterocycles. The Morgan fingerprint density at radius 3 is 2.39 bits per heavy atom. The molecule has 2 N–H and O–H groups in total. The minimum atomic E-state index is -0.687. The van der Waals surface area contributed by atoms with Crippen molar-refractivity contribution in [3.63, 3.8) is 0 Å². The quantitative estimate of drug-likeness (QED) is 0.0945. The Balaban J connectivity index is 1.35. The third-order valence-corrected chi connectivity index (χ3v) is 11.9. The van der Waals surface area contributed by atoms with Gasteiger partial charge in [-0.2, -0.15) is 0 Å². The van der Waals surface area contributed by atoms with Crippen molar-refractivity contribution < 1.29 is 34.0 Å². The SMILES string of the molecule is CCCCC[C@@H](/C=C/[C@@H]1[C@@H](CCCCCC([Se]c2ccccc2)C(=O)O)[C@@H](OC2CCCCO2)C[C@H]1O)OC1CCCCO1. The number of benzene rings is 1. The van der Waals surface area contributed by atoms with Crippen molar-refractivity contribution in [1.82, 2.24) is 0 Å². The number of carboxylic acid groups (broad SMARTS) is 1. The molecule has 4 rings (SSSR count). The third-order valence-electron chi connectivity index (χ3n) is 9.26. The number of hydrogen-bond acceptors (Lipinski definition) is 6. The first kappa shape index (κ1) is 35.6. The average Bonchev–Trinajstić information content (AvgIpc) is 3.33. The van der Waals surface area contributed by atoms with Gasteiger partial charge in [-0.3, -0.25) is 0 Å². The monoisotopic (exact) mass is 680 g/mol. The van der Waals surface area contributed by atoms with Gasteiger partial charge in [-0.15, -0.1) is 0 Å². The van der Waals surface area contributed by atoms with Crippen molar-refractivity contribution in [2.45, 2.75) is 145 Å². The van der Waals surface area contributed by atoms with E-state index in [1.165, 1.54) is 12.8 Å². The zero-order chi connectivity index (χ0) is 31.0. The van der Waals surface area contributed by atoms with Gasteiger partial charge < -0.3 is 4.74 Å². The maximum absolute atomic E-state index is 12.0. The fraction of sp³-hybridized carbons (Fsp3) is 0.750. The Bertz CT molecular complexity index is 947. The fourth-order valence-electron chi connectivity index (χ4n) is 6.78. The predicted molar refractivity (Wildman–Crippen MR) is 174 cm³/mol. The molecule has 1 aliphatic carbocycles. The summed E-state index contributed by atoms with van der Waals surface area (Å²) < 4.78 is 25.9. The van der Waals surface area contributed by atoms with Gasteiger partial charge in [-0.1, -0.05) is 26.2 Å². The van der Waals surface area contributed by atoms with E-state index >= 15 is 0 Å². The summed E-state index contributed by atoms with van der Waals surface area (Å²) in [7, 11) is 0. The molecule has 3 aliphatic rings. The van der Waals surface area contributed by atoms with Gasteiger partial charge in [0.25, 0.3) is 0 Å². The second-order valence-corrected chi connectivity index (χ2v) is 15.4. The summed E-state index contributed by atoms with van der Waals surface area (Å²) in [6.45, 7) is 3.73. The second-order valence-electron chi connectivity index (χ2n) is 12.8. The Morgan fingerprint density at radius 1 is 0.977 bits per heavy atom. The van der Waals surface area contributed by atoms with Crippen molar-refractivity contribution in [3.05, 3.63) is 42.5 Å². The fourth-order valence-corrected chi connectivity index (χ4v) is 8.93. The topological polar surface area (TPSA) is 94.5 Å². The predicted octanol–water partition coefficient (Wildman–Crippen LogP) is 6.80. The van der Waals surface area contributed by atoms with Crippen LogP contribution in [0.25, 0.3) is 0 Å². The van der Waals surface area contributed by atoms with Gasteiger partial charge in [0, 0.05) is 6.61 Å². The van der Waals surface area contributed by atoms with E-state index in [-0.39, 0.29) is 56.4 Å². The zero-order valence-corrected chi connectivity index (χ0v) is 28.4. The summed E-state index contributed by atoms with van der Waals surface area (Å²) in [6.07, 6.45) is 19.4. The summed E-state index contributed by atoms with van der Waals surface area (Å²) in [4.78, 5) is 11.7. The number of aliphatic hydroxyl groups excluding tert-OH is 1. The molecule has 3 unspecified atom stereocenters. The molecule has 3 fully saturated rings. The van der Waals surface area contributed by atoms with Gasteiger partial charge in [0.1, 0.15) is 0 Å². The van der Waals surface area contributed by atoms with Gasteiger partial charge in [0.2, 0.25) is 0 Å². The van der Waals surface area contributed by atoms with Crippen molar-refractivity contribution in [2.24, 2.45) is 11.8 Å². The maximum atomic E-state index is 12.0. The van der Waals surface area contributed by atoms with E-state index in [0.29, 0.717) is 12.8 Å². The minimum Gasteiger partial charge on any atom is -0.353 e. The van der Waals surface area contributed by atoms with Crippen LogP contribution in [0.1, 0.15) is 110 Å². The first-order chi connectivity index (χ1) is 21.5. The van der Waals surface area contributed by atoms with E-state index in [2.05, 4.69) is 19.1 Å². The van der Waals surface area contributed by atoms with Gasteiger partial charge in [0.15, 0.2) is 6.29 Å². The van der Waals surface area contributed by atoms with Crippen molar-refractivity contribution in [3.8, 4) is 0 Å². The molecule has 1 aromatic rings. The molecule has 2 aliphatic heterocycles. The zero-order valence-electron chi connectivity index (χ0n) is 26.7. The number of unbranched alkanes of at least 4 members (excludes halogenated alkanes) is 4. The number of hydrogen-bond donors (Lipinski definition) is 2. The number of carbonyl (C=O) groups is 1. The molecule has 1 aromatic carbocycles. The average molecular weight is 680 g/mol. The number of ether oxygens (including phenoxy) is 4. The molecule has 7 nitrogen and oxygen atoms in total. The van der Waals surface area contributed by atoms with Gasteiger partial charge in [-0.05, 0) is 25.7 Å². The molecular weight excluding hydrogens is 623 g/mol. The van der Waals surface area contributed by atoms with E-state index in [0.717, 1.165) is 94.7 Å². The Morgan fingerprint density at radius 2 is 1.70 bits per heavy atom. The summed E-state index contributed by atoms with van der Waals surface area (Å²) in [5.74, 6) is -0.493. The molecule has 0 aromatic heterocycles. The molecule has 248 valence electrons. The molecule has 0 amide bonds. The van der Waals surface area contributed by atoms with Crippen LogP contribution in [0.15, 0.2) is 42.5 Å². The number of aliphatic hydroxyl groups is 1. The third kappa shape index (κ3) is 12.2. The van der Waals surface area contributed by atoms with Gasteiger partial charge in [0.05, 0.1) is 0 Å². The van der Waals surface area contributed by atoms with Crippen LogP contribution in [-0.2, 0) is 23.7 Å². The van der Waals surface area contributed by atoms with Crippen LogP contribution in [0.3, 0.4) is 0 Å². The smallest absolute Gasteiger partial charge is 0.353 e.